The molecule has 0 heterocycles. The van der Waals surface area contributed by atoms with Gasteiger partial charge >= 0.3 is 0 Å². The van der Waals surface area contributed by atoms with E-state index in [-0.39, 0.29) is 0 Å². The molecule has 0 aliphatic heterocycles. The average Bonchev–Trinajstić information content (AvgIpc) is 2.23. The van der Waals surface area contributed by atoms with Crippen molar-refractivity contribution >= 4 is 5.71 Å². The van der Waals surface area contributed by atoms with E-state index in [4.69, 9.17) is 0 Å². The van der Waals surface area contributed by atoms with E-state index >= 15 is 0 Å². The van der Waals surface area contributed by atoms with E-state index in [1.807, 2.05) is 0 Å². The van der Waals surface area contributed by atoms with Crippen molar-refractivity contribution in [2.45, 2.75) is 72.6 Å². The molecule has 0 aromatic rings. The minimum absolute atomic E-state index is 0.691. The van der Waals surface area contributed by atoms with Gasteiger partial charge in [-0.1, -0.05) is 52.4 Å². The SMILES string of the molecule is CCCCCCCCC(C)/C(C)=N\CC. The van der Waals surface area contributed by atoms with Gasteiger partial charge in [-0.25, -0.2) is 0 Å². The van der Waals surface area contributed by atoms with Gasteiger partial charge in [0.2, 0.25) is 0 Å². The summed E-state index contributed by atoms with van der Waals surface area (Å²) in [5.41, 5.74) is 1.34. The summed E-state index contributed by atoms with van der Waals surface area (Å²) >= 11 is 0. The van der Waals surface area contributed by atoms with E-state index in [0.717, 1.165) is 6.54 Å². The lowest BCUT2D eigenvalue weighted by Gasteiger charge is -2.10. The van der Waals surface area contributed by atoms with E-state index in [0.29, 0.717) is 5.92 Å². The van der Waals surface area contributed by atoms with Crippen LogP contribution in [-0.2, 0) is 0 Å². The van der Waals surface area contributed by atoms with Gasteiger partial charge in [0.05, 0.1) is 0 Å². The number of hydrogen-bond acceptors (Lipinski definition) is 1. The molecule has 1 nitrogen and oxygen atoms in total. The van der Waals surface area contributed by atoms with Gasteiger partial charge in [-0.2, -0.15) is 0 Å². The highest BCUT2D eigenvalue weighted by molar-refractivity contribution is 5.83. The largest absolute Gasteiger partial charge is 0.294 e. The molecule has 0 aliphatic carbocycles. The molecule has 0 saturated heterocycles. The molecule has 1 heteroatoms. The smallest absolute Gasteiger partial charge is 0.0360 e. The molecule has 90 valence electrons. The number of hydrogen-bond donors (Lipinski definition) is 0. The molecule has 0 aromatic heterocycles. The van der Waals surface area contributed by atoms with Crippen molar-refractivity contribution < 1.29 is 0 Å². The van der Waals surface area contributed by atoms with Gasteiger partial charge in [0.1, 0.15) is 0 Å². The van der Waals surface area contributed by atoms with Gasteiger partial charge < -0.3 is 0 Å². The Morgan fingerprint density at radius 1 is 1.00 bits per heavy atom. The Kier molecular flexibility index (Phi) is 9.97. The van der Waals surface area contributed by atoms with E-state index < -0.39 is 0 Å². The third-order valence-corrected chi connectivity index (χ3v) is 3.11. The molecular formula is C14H29N. The van der Waals surface area contributed by atoms with E-state index in [1.165, 1.54) is 50.7 Å². The van der Waals surface area contributed by atoms with E-state index in [2.05, 4.69) is 32.7 Å². The molecule has 0 N–H and O–H groups in total. The highest BCUT2D eigenvalue weighted by atomic mass is 14.7. The van der Waals surface area contributed by atoms with Gasteiger partial charge in [-0.05, 0) is 26.2 Å². The Hall–Kier alpha value is -0.330. The van der Waals surface area contributed by atoms with Crippen LogP contribution in [0.5, 0.6) is 0 Å². The van der Waals surface area contributed by atoms with Crippen molar-refractivity contribution in [2.24, 2.45) is 10.9 Å². The fourth-order valence-electron chi connectivity index (χ4n) is 1.84. The van der Waals surface area contributed by atoms with Gasteiger partial charge in [0, 0.05) is 12.3 Å². The summed E-state index contributed by atoms with van der Waals surface area (Å²) in [7, 11) is 0. The molecular weight excluding hydrogens is 182 g/mol. The maximum absolute atomic E-state index is 4.47. The second-order valence-electron chi connectivity index (χ2n) is 4.57. The molecule has 1 atom stereocenters. The lowest BCUT2D eigenvalue weighted by molar-refractivity contribution is 0.555. The minimum Gasteiger partial charge on any atom is -0.294 e. The number of rotatable bonds is 9. The van der Waals surface area contributed by atoms with Crippen LogP contribution in [0, 0.1) is 5.92 Å². The fraction of sp³-hybridized carbons (Fsp3) is 0.929. The molecule has 0 spiro atoms. The van der Waals surface area contributed by atoms with E-state index in [9.17, 15) is 0 Å². The van der Waals surface area contributed by atoms with Crippen LogP contribution in [0.25, 0.3) is 0 Å². The zero-order valence-electron chi connectivity index (χ0n) is 11.2. The number of nitrogens with zero attached hydrogens (tertiary/aromatic N) is 1. The average molecular weight is 211 g/mol. The third-order valence-electron chi connectivity index (χ3n) is 3.11. The molecule has 0 amide bonds. The van der Waals surface area contributed by atoms with Crippen LogP contribution in [0.15, 0.2) is 4.99 Å². The summed E-state index contributed by atoms with van der Waals surface area (Å²) in [6, 6.07) is 0. The summed E-state index contributed by atoms with van der Waals surface area (Å²) in [6.07, 6.45) is 9.70. The normalized spacial score (nSPS) is 14.3. The van der Waals surface area contributed by atoms with Crippen molar-refractivity contribution in [3.8, 4) is 0 Å². The van der Waals surface area contributed by atoms with E-state index in [1.54, 1.807) is 0 Å². The van der Waals surface area contributed by atoms with Crippen molar-refractivity contribution in [1.82, 2.24) is 0 Å². The van der Waals surface area contributed by atoms with Crippen LogP contribution < -0.4 is 0 Å². The molecule has 1 unspecified atom stereocenters. The maximum Gasteiger partial charge on any atom is 0.0360 e. The van der Waals surface area contributed by atoms with Gasteiger partial charge in [-0.3, -0.25) is 4.99 Å². The lowest BCUT2D eigenvalue weighted by Crippen LogP contribution is -2.07. The standard InChI is InChI=1S/C14H29N/c1-5-7-8-9-10-11-12-13(3)14(4)15-6-2/h13H,5-12H2,1-4H3/b15-14-. The van der Waals surface area contributed by atoms with Crippen molar-refractivity contribution in [3.05, 3.63) is 0 Å². The summed E-state index contributed by atoms with van der Waals surface area (Å²) in [5.74, 6) is 0.691. The van der Waals surface area contributed by atoms with Crippen molar-refractivity contribution in [2.75, 3.05) is 6.54 Å². The monoisotopic (exact) mass is 211 g/mol. The zero-order valence-corrected chi connectivity index (χ0v) is 11.2. The Balaban J connectivity index is 3.38. The predicted molar refractivity (Wildman–Crippen MR) is 70.8 cm³/mol. The number of unbranched alkanes of at least 4 members (excludes halogenated alkanes) is 5. The first-order valence-corrected chi connectivity index (χ1v) is 6.73. The summed E-state index contributed by atoms with van der Waals surface area (Å²) in [4.78, 5) is 4.47. The second kappa shape index (κ2) is 10.2. The molecule has 0 fully saturated rings. The first kappa shape index (κ1) is 14.7. The summed E-state index contributed by atoms with van der Waals surface area (Å²) in [6.45, 7) is 9.80. The first-order chi connectivity index (χ1) is 7.22. The first-order valence-electron chi connectivity index (χ1n) is 6.73. The molecule has 0 bridgehead atoms. The highest BCUT2D eigenvalue weighted by Gasteiger charge is 2.04. The summed E-state index contributed by atoms with van der Waals surface area (Å²) in [5, 5.41) is 0. The lowest BCUT2D eigenvalue weighted by atomic mass is 9.98. The van der Waals surface area contributed by atoms with Crippen LogP contribution in [0.3, 0.4) is 0 Å². The Morgan fingerprint density at radius 3 is 2.20 bits per heavy atom. The molecule has 0 radical (unpaired) electrons. The van der Waals surface area contributed by atoms with Gasteiger partial charge in [0.15, 0.2) is 0 Å². The quantitative estimate of drug-likeness (QED) is 0.382. The predicted octanol–water partition coefficient (Wildman–Crippen LogP) is 4.85. The molecule has 0 saturated carbocycles. The number of aliphatic imine (C=N–C) groups is 1. The van der Waals surface area contributed by atoms with Crippen molar-refractivity contribution in [3.63, 3.8) is 0 Å². The van der Waals surface area contributed by atoms with Crippen LogP contribution >= 0.6 is 0 Å². The van der Waals surface area contributed by atoms with Crippen LogP contribution in [0.1, 0.15) is 72.6 Å². The topological polar surface area (TPSA) is 12.4 Å². The molecule has 0 aliphatic rings. The third kappa shape index (κ3) is 8.65. The second-order valence-corrected chi connectivity index (χ2v) is 4.57. The fourth-order valence-corrected chi connectivity index (χ4v) is 1.84. The summed E-state index contributed by atoms with van der Waals surface area (Å²) < 4.78 is 0. The van der Waals surface area contributed by atoms with Gasteiger partial charge in [-0.15, -0.1) is 0 Å². The Morgan fingerprint density at radius 2 is 1.60 bits per heavy atom. The molecule has 0 rings (SSSR count). The molecule has 0 aromatic carbocycles. The Labute approximate surface area is 96.4 Å². The van der Waals surface area contributed by atoms with Gasteiger partial charge in [0.25, 0.3) is 0 Å². The Bertz CT molecular complexity index is 161. The highest BCUT2D eigenvalue weighted by Crippen LogP contribution is 2.13. The van der Waals surface area contributed by atoms with Crippen LogP contribution in [0.2, 0.25) is 0 Å². The van der Waals surface area contributed by atoms with Crippen molar-refractivity contribution in [1.29, 1.82) is 0 Å². The molecule has 15 heavy (non-hydrogen) atoms. The minimum atomic E-state index is 0.691. The maximum atomic E-state index is 4.47. The van der Waals surface area contributed by atoms with Crippen LogP contribution in [-0.4, -0.2) is 12.3 Å². The zero-order chi connectivity index (χ0) is 11.5. The van der Waals surface area contributed by atoms with Crippen LogP contribution in [0.4, 0.5) is 0 Å².